The summed E-state index contributed by atoms with van der Waals surface area (Å²) in [6.07, 6.45) is 1.70. The molecule has 4 nitrogen and oxygen atoms in total. The van der Waals surface area contributed by atoms with E-state index in [1.54, 1.807) is 6.20 Å². The van der Waals surface area contributed by atoms with Gasteiger partial charge in [0, 0.05) is 12.7 Å². The van der Waals surface area contributed by atoms with E-state index >= 15 is 0 Å². The lowest BCUT2D eigenvalue weighted by Crippen LogP contribution is -2.42. The predicted octanol–water partition coefficient (Wildman–Crippen LogP) is 1.22. The Kier molecular flexibility index (Phi) is 2.88. The van der Waals surface area contributed by atoms with Crippen LogP contribution in [0, 0.1) is 0 Å². The van der Waals surface area contributed by atoms with Crippen molar-refractivity contribution in [2.24, 2.45) is 0 Å². The molecule has 0 spiro atoms. The summed E-state index contributed by atoms with van der Waals surface area (Å²) in [5, 5.41) is 0. The van der Waals surface area contributed by atoms with E-state index in [0.717, 1.165) is 18.8 Å². The zero-order valence-electron chi connectivity index (χ0n) is 7.69. The van der Waals surface area contributed by atoms with Gasteiger partial charge in [-0.2, -0.15) is 0 Å². The predicted molar refractivity (Wildman–Crippen MR) is 59.5 cm³/mol. The molecular weight excluding hydrogens is 246 g/mol. The molecule has 1 aromatic heterocycles. The molecule has 1 aromatic rings. The van der Waals surface area contributed by atoms with Crippen LogP contribution < -0.4 is 10.6 Å². The fourth-order valence-corrected chi connectivity index (χ4v) is 2.11. The summed E-state index contributed by atoms with van der Waals surface area (Å²) in [6, 6.07) is 3.86. The van der Waals surface area contributed by atoms with Crippen molar-refractivity contribution in [3.63, 3.8) is 0 Å². The molecule has 0 aliphatic carbocycles. The number of aromatic nitrogens is 1. The number of pyridine rings is 1. The van der Waals surface area contributed by atoms with Gasteiger partial charge in [-0.3, -0.25) is 0 Å². The van der Waals surface area contributed by atoms with Crippen molar-refractivity contribution in [3.05, 3.63) is 18.3 Å². The number of hydrogen-bond donors (Lipinski definition) is 1. The van der Waals surface area contributed by atoms with Crippen molar-refractivity contribution in [1.29, 1.82) is 0 Å². The molecule has 0 aromatic carbocycles. The average molecular weight is 258 g/mol. The Morgan fingerprint density at radius 1 is 1.64 bits per heavy atom. The number of halogens is 1. The summed E-state index contributed by atoms with van der Waals surface area (Å²) in [7, 11) is 0. The van der Waals surface area contributed by atoms with Crippen LogP contribution in [0.5, 0.6) is 0 Å². The van der Waals surface area contributed by atoms with Crippen LogP contribution in [0.1, 0.15) is 0 Å². The molecule has 1 fully saturated rings. The molecule has 1 saturated heterocycles. The van der Waals surface area contributed by atoms with Crippen LogP contribution in [0.3, 0.4) is 0 Å². The molecular formula is C9H12BrN3O. The molecule has 76 valence electrons. The Morgan fingerprint density at radius 2 is 2.50 bits per heavy atom. The van der Waals surface area contributed by atoms with Crippen LogP contribution in [0.15, 0.2) is 18.3 Å². The lowest BCUT2D eigenvalue weighted by Gasteiger charge is -2.34. The highest BCUT2D eigenvalue weighted by Crippen LogP contribution is 2.26. The van der Waals surface area contributed by atoms with Gasteiger partial charge in [0.2, 0.25) is 0 Å². The summed E-state index contributed by atoms with van der Waals surface area (Å²) in [5.41, 5.74) is 6.77. The third-order valence-electron chi connectivity index (χ3n) is 2.20. The van der Waals surface area contributed by atoms with Gasteiger partial charge in [-0.05, 0) is 12.1 Å². The lowest BCUT2D eigenvalue weighted by atomic mass is 10.3. The van der Waals surface area contributed by atoms with Crippen LogP contribution in [-0.4, -0.2) is 29.7 Å². The highest BCUT2D eigenvalue weighted by atomic mass is 79.9. The van der Waals surface area contributed by atoms with E-state index in [2.05, 4.69) is 25.8 Å². The summed E-state index contributed by atoms with van der Waals surface area (Å²) in [4.78, 5) is 6.40. The minimum absolute atomic E-state index is 0.183. The van der Waals surface area contributed by atoms with Crippen LogP contribution in [0.4, 0.5) is 11.5 Å². The molecule has 0 radical (unpaired) electrons. The summed E-state index contributed by atoms with van der Waals surface area (Å²) >= 11 is 3.54. The lowest BCUT2D eigenvalue weighted by molar-refractivity contribution is 0.116. The second kappa shape index (κ2) is 4.14. The van der Waals surface area contributed by atoms with E-state index in [1.165, 1.54) is 0 Å². The molecule has 1 aliphatic rings. The molecule has 2 heterocycles. The molecule has 14 heavy (non-hydrogen) atoms. The third-order valence-corrected chi connectivity index (χ3v) is 2.95. The second-order valence-electron chi connectivity index (χ2n) is 3.11. The van der Waals surface area contributed by atoms with Crippen molar-refractivity contribution in [2.75, 3.05) is 30.4 Å². The summed E-state index contributed by atoms with van der Waals surface area (Å²) in [5.74, 6) is 0.568. The highest BCUT2D eigenvalue weighted by molar-refractivity contribution is 9.09. The van der Waals surface area contributed by atoms with E-state index in [9.17, 15) is 0 Å². The van der Waals surface area contributed by atoms with Crippen LogP contribution in [0.2, 0.25) is 0 Å². The minimum Gasteiger partial charge on any atom is -0.382 e. The van der Waals surface area contributed by atoms with Gasteiger partial charge in [-0.15, -0.1) is 0 Å². The Morgan fingerprint density at radius 3 is 3.21 bits per heavy atom. The summed E-state index contributed by atoms with van der Waals surface area (Å²) in [6.45, 7) is 2.25. The average Bonchev–Trinajstić information content (AvgIpc) is 2.20. The molecule has 2 N–H and O–H groups in total. The van der Waals surface area contributed by atoms with E-state index in [4.69, 9.17) is 10.5 Å². The standard InChI is InChI=1S/C9H12BrN3O/c10-8-6-14-5-4-13(8)7-2-1-3-12-9(7)11/h1-3,8H,4-6H2,(H2,11,12). The van der Waals surface area contributed by atoms with Gasteiger partial charge in [0.25, 0.3) is 0 Å². The Balaban J connectivity index is 2.25. The number of anilines is 2. The molecule has 1 aliphatic heterocycles. The zero-order valence-corrected chi connectivity index (χ0v) is 9.27. The van der Waals surface area contributed by atoms with Crippen molar-refractivity contribution >= 4 is 27.4 Å². The van der Waals surface area contributed by atoms with E-state index in [0.29, 0.717) is 12.4 Å². The largest absolute Gasteiger partial charge is 0.382 e. The van der Waals surface area contributed by atoms with Crippen molar-refractivity contribution < 1.29 is 4.74 Å². The Hall–Kier alpha value is -0.810. The fourth-order valence-electron chi connectivity index (χ4n) is 1.50. The molecule has 0 saturated carbocycles. The van der Waals surface area contributed by atoms with Gasteiger partial charge in [-0.1, -0.05) is 15.9 Å². The quantitative estimate of drug-likeness (QED) is 0.608. The third kappa shape index (κ3) is 1.83. The van der Waals surface area contributed by atoms with Crippen LogP contribution in [-0.2, 0) is 4.74 Å². The number of nitrogens with two attached hydrogens (primary N) is 1. The van der Waals surface area contributed by atoms with Gasteiger partial charge in [0.15, 0.2) is 0 Å². The Bertz CT molecular complexity index is 321. The number of morpholine rings is 1. The van der Waals surface area contributed by atoms with Gasteiger partial charge >= 0.3 is 0 Å². The van der Waals surface area contributed by atoms with Crippen LogP contribution >= 0.6 is 15.9 Å². The first-order valence-electron chi connectivity index (χ1n) is 4.48. The SMILES string of the molecule is Nc1ncccc1N1CCOCC1Br. The monoisotopic (exact) mass is 257 g/mol. The Labute approximate surface area is 91.2 Å². The van der Waals surface area contributed by atoms with E-state index in [1.807, 2.05) is 12.1 Å². The van der Waals surface area contributed by atoms with Crippen LogP contribution in [0.25, 0.3) is 0 Å². The number of nitrogens with zero attached hydrogens (tertiary/aromatic N) is 2. The second-order valence-corrected chi connectivity index (χ2v) is 4.17. The maximum absolute atomic E-state index is 5.80. The van der Waals surface area contributed by atoms with Gasteiger partial charge in [0.05, 0.1) is 18.9 Å². The number of ether oxygens (including phenoxy) is 1. The van der Waals surface area contributed by atoms with Crippen molar-refractivity contribution in [2.45, 2.75) is 4.95 Å². The molecule has 5 heteroatoms. The van der Waals surface area contributed by atoms with Gasteiger partial charge in [0.1, 0.15) is 10.8 Å². The fraction of sp³-hybridized carbons (Fsp3) is 0.444. The normalized spacial score (nSPS) is 22.4. The van der Waals surface area contributed by atoms with Crippen molar-refractivity contribution in [1.82, 2.24) is 4.98 Å². The smallest absolute Gasteiger partial charge is 0.147 e. The van der Waals surface area contributed by atoms with Crippen molar-refractivity contribution in [3.8, 4) is 0 Å². The highest BCUT2D eigenvalue weighted by Gasteiger charge is 2.22. The molecule has 0 bridgehead atoms. The van der Waals surface area contributed by atoms with E-state index in [-0.39, 0.29) is 4.95 Å². The maximum atomic E-state index is 5.80. The summed E-state index contributed by atoms with van der Waals surface area (Å²) < 4.78 is 5.32. The number of hydrogen-bond acceptors (Lipinski definition) is 4. The first-order chi connectivity index (χ1) is 6.79. The first-order valence-corrected chi connectivity index (χ1v) is 5.39. The minimum atomic E-state index is 0.183. The number of nitrogen functional groups attached to an aromatic ring is 1. The molecule has 2 rings (SSSR count). The molecule has 1 atom stereocenters. The molecule has 0 amide bonds. The zero-order chi connectivity index (χ0) is 9.97. The molecule has 1 unspecified atom stereocenters. The van der Waals surface area contributed by atoms with Gasteiger partial charge < -0.3 is 15.4 Å². The van der Waals surface area contributed by atoms with E-state index < -0.39 is 0 Å². The topological polar surface area (TPSA) is 51.4 Å². The van der Waals surface area contributed by atoms with Gasteiger partial charge in [-0.25, -0.2) is 4.98 Å². The number of alkyl halides is 1. The first kappa shape index (κ1) is 9.73. The number of rotatable bonds is 1. The maximum Gasteiger partial charge on any atom is 0.147 e.